The highest BCUT2D eigenvalue weighted by molar-refractivity contribution is 5.95. The Morgan fingerprint density at radius 3 is 2.88 bits per heavy atom. The molecule has 0 aromatic rings. The summed E-state index contributed by atoms with van der Waals surface area (Å²) in [5.41, 5.74) is 0. The minimum absolute atomic E-state index is 0.0313. The molecule has 8 heavy (non-hydrogen) atoms. The number of hydrogen-bond acceptors (Lipinski definition) is 2. The highest BCUT2D eigenvalue weighted by Gasteiger charge is 2.04. The van der Waals surface area contributed by atoms with Crippen LogP contribution >= 0.6 is 0 Å². The normalized spacial score (nSPS) is 18.5. The third kappa shape index (κ3) is 0.932. The first kappa shape index (κ1) is 5.03. The summed E-state index contributed by atoms with van der Waals surface area (Å²) in [5.74, 6) is -0.137. The van der Waals surface area contributed by atoms with Gasteiger partial charge in [-0.2, -0.15) is 0 Å². The maximum atomic E-state index is 10.3. The van der Waals surface area contributed by atoms with Crippen LogP contribution in [0.15, 0.2) is 12.2 Å². The van der Waals surface area contributed by atoms with Crippen molar-refractivity contribution in [2.24, 2.45) is 0 Å². The van der Waals surface area contributed by atoms with Gasteiger partial charge in [-0.1, -0.05) is 0 Å². The quantitative estimate of drug-likeness (QED) is 0.318. The first-order valence-corrected chi connectivity index (χ1v) is 2.27. The fraction of sp³-hybridized carbons (Fsp3) is 0.200. The predicted molar refractivity (Wildman–Crippen MR) is 28.7 cm³/mol. The largest absolute Gasteiger partial charge is 0.623 e. The maximum Gasteiger partial charge on any atom is 0.221 e. The Kier molecular flexibility index (Phi) is 1.12. The number of carbonyl (C=O) groups excluding carboxylic acids is 1. The van der Waals surface area contributed by atoms with Crippen molar-refractivity contribution in [3.05, 3.63) is 17.4 Å². The van der Waals surface area contributed by atoms with Gasteiger partial charge in [0, 0.05) is 6.08 Å². The predicted octanol–water partition coefficient (Wildman–Crippen LogP) is -0.294. The Morgan fingerprint density at radius 2 is 2.50 bits per heavy atom. The number of nitrogens with zero attached hydrogens (tertiary/aromatic N) is 1. The van der Waals surface area contributed by atoms with Crippen molar-refractivity contribution >= 4 is 12.0 Å². The second kappa shape index (κ2) is 1.78. The molecule has 0 radical (unpaired) electrons. The Labute approximate surface area is 46.5 Å². The first-order chi connectivity index (χ1) is 3.79. The van der Waals surface area contributed by atoms with Crippen molar-refractivity contribution in [3.8, 4) is 0 Å². The lowest BCUT2D eigenvalue weighted by Crippen LogP contribution is -2.17. The summed E-state index contributed by atoms with van der Waals surface area (Å²) in [7, 11) is 0. The Morgan fingerprint density at radius 1 is 1.75 bits per heavy atom. The molecule has 0 fully saturated rings. The Bertz CT molecular complexity index is 169. The molecule has 3 nitrogen and oxygen atoms in total. The lowest BCUT2D eigenvalue weighted by molar-refractivity contribution is -0.439. The lowest BCUT2D eigenvalue weighted by Gasteiger charge is -2.01. The van der Waals surface area contributed by atoms with Crippen LogP contribution < -0.4 is 0 Å². The molecule has 1 aliphatic heterocycles. The van der Waals surface area contributed by atoms with Crippen molar-refractivity contribution in [3.63, 3.8) is 0 Å². The Balaban J connectivity index is 2.73. The number of hydroxylamine groups is 1. The molecule has 0 bridgehead atoms. The fourth-order valence-corrected chi connectivity index (χ4v) is 0.505. The summed E-state index contributed by atoms with van der Waals surface area (Å²) in [5, 5.41) is 10.3. The summed E-state index contributed by atoms with van der Waals surface area (Å²) in [4.78, 5) is 10.3. The third-order valence-corrected chi connectivity index (χ3v) is 0.846. The van der Waals surface area contributed by atoms with Gasteiger partial charge in [0.15, 0.2) is 6.21 Å². The van der Waals surface area contributed by atoms with Gasteiger partial charge in [0.2, 0.25) is 12.3 Å². The molecule has 0 aliphatic carbocycles. The monoisotopic (exact) mass is 111 g/mol. The molecule has 0 saturated heterocycles. The van der Waals surface area contributed by atoms with E-state index in [-0.39, 0.29) is 12.3 Å². The van der Waals surface area contributed by atoms with Crippen molar-refractivity contribution in [2.45, 2.75) is 0 Å². The van der Waals surface area contributed by atoms with Crippen molar-refractivity contribution in [2.75, 3.05) is 6.54 Å². The van der Waals surface area contributed by atoms with E-state index in [1.807, 2.05) is 0 Å². The van der Waals surface area contributed by atoms with E-state index in [1.54, 1.807) is 0 Å². The van der Waals surface area contributed by atoms with E-state index in [9.17, 15) is 10.0 Å². The summed E-state index contributed by atoms with van der Waals surface area (Å²) < 4.78 is 0.600. The molecule has 0 unspecified atom stereocenters. The zero-order chi connectivity index (χ0) is 5.98. The van der Waals surface area contributed by atoms with Gasteiger partial charge < -0.3 is 5.21 Å². The van der Waals surface area contributed by atoms with E-state index in [0.29, 0.717) is 4.74 Å². The van der Waals surface area contributed by atoms with Crippen molar-refractivity contribution in [1.82, 2.24) is 0 Å². The summed E-state index contributed by atoms with van der Waals surface area (Å²) in [6.07, 6.45) is 4.15. The van der Waals surface area contributed by atoms with Crippen molar-refractivity contribution in [1.29, 1.82) is 0 Å². The van der Waals surface area contributed by atoms with Crippen LogP contribution in [-0.2, 0) is 4.79 Å². The minimum atomic E-state index is -0.137. The SMILES string of the molecule is O=C1C=CC=[N+]([O-])C1. The number of ketones is 1. The molecule has 1 heterocycles. The van der Waals surface area contributed by atoms with Gasteiger partial charge >= 0.3 is 0 Å². The van der Waals surface area contributed by atoms with Gasteiger partial charge in [0.25, 0.3) is 0 Å². The zero-order valence-corrected chi connectivity index (χ0v) is 4.20. The van der Waals surface area contributed by atoms with Crippen LogP contribution in [0.2, 0.25) is 0 Å². The zero-order valence-electron chi connectivity index (χ0n) is 4.20. The molecule has 0 amide bonds. The van der Waals surface area contributed by atoms with Crippen LogP contribution in [0.4, 0.5) is 0 Å². The van der Waals surface area contributed by atoms with E-state index in [1.165, 1.54) is 18.4 Å². The molecule has 0 aromatic carbocycles. The summed E-state index contributed by atoms with van der Waals surface area (Å²) in [6.45, 7) is -0.0313. The molecule has 0 aromatic heterocycles. The highest BCUT2D eigenvalue weighted by atomic mass is 16.5. The number of carbonyl (C=O) groups is 1. The van der Waals surface area contributed by atoms with Crippen LogP contribution in [0, 0.1) is 5.21 Å². The molecular formula is C5H5NO2. The van der Waals surface area contributed by atoms with E-state index in [0.717, 1.165) is 0 Å². The summed E-state index contributed by atoms with van der Waals surface area (Å²) in [6, 6.07) is 0. The molecule has 0 N–H and O–H groups in total. The van der Waals surface area contributed by atoms with Gasteiger partial charge in [-0.15, -0.1) is 0 Å². The topological polar surface area (TPSA) is 43.1 Å². The van der Waals surface area contributed by atoms with E-state index in [2.05, 4.69) is 0 Å². The van der Waals surface area contributed by atoms with E-state index >= 15 is 0 Å². The lowest BCUT2D eigenvalue weighted by atomic mass is 10.3. The van der Waals surface area contributed by atoms with Crippen LogP contribution in [-0.4, -0.2) is 23.3 Å². The molecule has 1 rings (SSSR count). The number of allylic oxidation sites excluding steroid dienone is 1. The fourth-order valence-electron chi connectivity index (χ4n) is 0.505. The second-order valence-electron chi connectivity index (χ2n) is 1.55. The Hall–Kier alpha value is -1.12. The molecular weight excluding hydrogens is 106 g/mol. The van der Waals surface area contributed by atoms with Crippen molar-refractivity contribution < 1.29 is 9.53 Å². The van der Waals surface area contributed by atoms with Gasteiger partial charge in [0.05, 0.1) is 0 Å². The molecule has 1 aliphatic rings. The standard InChI is InChI=1S/C5H5NO2/c7-5-2-1-3-6(8)4-5/h1-3H,4H2. The minimum Gasteiger partial charge on any atom is -0.623 e. The van der Waals surface area contributed by atoms with Gasteiger partial charge in [0.1, 0.15) is 0 Å². The third-order valence-electron chi connectivity index (χ3n) is 0.846. The molecule has 0 saturated carbocycles. The van der Waals surface area contributed by atoms with Gasteiger partial charge in [-0.05, 0) is 6.08 Å². The molecule has 42 valence electrons. The second-order valence-corrected chi connectivity index (χ2v) is 1.55. The van der Waals surface area contributed by atoms with Crippen LogP contribution in [0.25, 0.3) is 0 Å². The molecule has 0 atom stereocenters. The van der Waals surface area contributed by atoms with Gasteiger partial charge in [-0.25, -0.2) is 4.74 Å². The van der Waals surface area contributed by atoms with E-state index < -0.39 is 0 Å². The summed E-state index contributed by atoms with van der Waals surface area (Å²) >= 11 is 0. The highest BCUT2D eigenvalue weighted by Crippen LogP contribution is 1.83. The first-order valence-electron chi connectivity index (χ1n) is 2.27. The van der Waals surface area contributed by atoms with Crippen LogP contribution in [0.5, 0.6) is 0 Å². The average molecular weight is 111 g/mol. The smallest absolute Gasteiger partial charge is 0.221 e. The van der Waals surface area contributed by atoms with E-state index in [4.69, 9.17) is 0 Å². The number of hydrogen-bond donors (Lipinski definition) is 0. The van der Waals surface area contributed by atoms with Gasteiger partial charge in [-0.3, -0.25) is 4.79 Å². The molecule has 3 heteroatoms. The maximum absolute atomic E-state index is 10.3. The average Bonchev–Trinajstić information content (AvgIpc) is 1.64. The van der Waals surface area contributed by atoms with Crippen LogP contribution in [0.1, 0.15) is 0 Å². The van der Waals surface area contributed by atoms with Crippen LogP contribution in [0.3, 0.4) is 0 Å². The number of rotatable bonds is 0. The molecule has 0 spiro atoms.